The van der Waals surface area contributed by atoms with Crippen LogP contribution in [0.2, 0.25) is 0 Å². The van der Waals surface area contributed by atoms with E-state index in [0.717, 1.165) is 31.2 Å². The number of amides is 2. The fraction of sp³-hybridized carbons (Fsp3) is 0.603. The average molecular weight is 1330 g/mol. The SMILES string of the molecule is CCCN(CCCNC(=O)OC1CCC1)C(=O)C1=Cc2ccc(-c3cccc(S(=O)(=O)N4CC(CNCC(=O)CCOCCOCCOCCOCCOCCOCCOCCOCCOCCOCCC(=O)Oc5c(F)c(F)cc(F)c5F)C4)c3)cc2N=C(N)C1. The number of nitrogens with one attached hydrogen (secondary N) is 2. The predicted octanol–water partition coefficient (Wildman–Crippen LogP) is 5.92. The molecule has 0 spiro atoms. The van der Waals surface area contributed by atoms with Crippen molar-refractivity contribution < 1.29 is 102 Å². The second kappa shape index (κ2) is 42.3. The number of amidine groups is 1. The van der Waals surface area contributed by atoms with E-state index >= 15 is 0 Å². The minimum absolute atomic E-state index is 0.000999. The molecular formula is C63H88F4N6O18S. The van der Waals surface area contributed by atoms with Gasteiger partial charge in [-0.15, -0.1) is 0 Å². The first-order chi connectivity index (χ1) is 44.6. The second-order valence-corrected chi connectivity index (χ2v) is 23.5. The molecule has 0 bridgehead atoms. The van der Waals surface area contributed by atoms with Crippen LogP contribution in [-0.2, 0) is 76.5 Å². The quantitative estimate of drug-likeness (QED) is 0.0194. The number of ether oxygens (including phenoxy) is 12. The van der Waals surface area contributed by atoms with Crippen LogP contribution in [0, 0.1) is 29.2 Å². The highest BCUT2D eigenvalue weighted by Crippen LogP contribution is 2.34. The summed E-state index contributed by atoms with van der Waals surface area (Å²) in [6, 6.07) is 12.3. The normalized spacial score (nSPS) is 14.4. The number of halogens is 4. The van der Waals surface area contributed by atoms with Crippen molar-refractivity contribution in [2.75, 3.05) is 178 Å². The number of benzene rings is 3. The molecule has 29 heteroatoms. The largest absolute Gasteiger partial charge is 0.446 e. The van der Waals surface area contributed by atoms with Gasteiger partial charge in [-0.3, -0.25) is 14.4 Å². The number of ketones is 1. The molecule has 3 aliphatic rings. The summed E-state index contributed by atoms with van der Waals surface area (Å²) in [5.41, 5.74) is 9.58. The predicted molar refractivity (Wildman–Crippen MR) is 329 cm³/mol. The van der Waals surface area contributed by atoms with E-state index in [-0.39, 0.29) is 92.9 Å². The number of esters is 1. The summed E-state index contributed by atoms with van der Waals surface area (Å²) in [5, 5.41) is 5.94. The van der Waals surface area contributed by atoms with Gasteiger partial charge in [-0.1, -0.05) is 31.2 Å². The Labute approximate surface area is 535 Å². The first-order valence-corrected chi connectivity index (χ1v) is 32.6. The molecular weight excluding hydrogens is 1240 g/mol. The van der Waals surface area contributed by atoms with Gasteiger partial charge in [-0.25, -0.2) is 27.0 Å². The number of carbonyl (C=O) groups excluding carboxylic acids is 4. The van der Waals surface area contributed by atoms with Gasteiger partial charge in [0.15, 0.2) is 11.6 Å². The molecule has 3 aromatic rings. The highest BCUT2D eigenvalue weighted by molar-refractivity contribution is 7.89. The molecule has 2 heterocycles. The van der Waals surface area contributed by atoms with Crippen LogP contribution in [0.3, 0.4) is 0 Å². The zero-order valence-electron chi connectivity index (χ0n) is 52.3. The Morgan fingerprint density at radius 3 is 1.71 bits per heavy atom. The minimum atomic E-state index is -3.79. The van der Waals surface area contributed by atoms with Gasteiger partial charge in [0.25, 0.3) is 0 Å². The summed E-state index contributed by atoms with van der Waals surface area (Å²) < 4.78 is 147. The maximum absolute atomic E-state index is 13.8. The summed E-state index contributed by atoms with van der Waals surface area (Å²) in [7, 11) is -3.79. The van der Waals surface area contributed by atoms with Crippen molar-refractivity contribution in [3.63, 3.8) is 0 Å². The molecule has 2 amide bonds. The average Bonchev–Trinajstić information content (AvgIpc) is 0.852. The molecule has 6 rings (SSSR count). The maximum atomic E-state index is 13.8. The van der Waals surface area contributed by atoms with Gasteiger partial charge in [-0.2, -0.15) is 13.1 Å². The van der Waals surface area contributed by atoms with Crippen LogP contribution in [-0.4, -0.2) is 231 Å². The molecule has 2 aliphatic heterocycles. The van der Waals surface area contributed by atoms with Crippen molar-refractivity contribution in [2.45, 2.75) is 69.3 Å². The van der Waals surface area contributed by atoms with Crippen molar-refractivity contribution in [3.8, 4) is 16.9 Å². The van der Waals surface area contributed by atoms with Gasteiger partial charge in [0.05, 0.1) is 156 Å². The maximum Gasteiger partial charge on any atom is 0.407 e. The Bertz CT molecular complexity index is 2910. The molecule has 92 heavy (non-hydrogen) atoms. The van der Waals surface area contributed by atoms with Crippen LogP contribution >= 0.6 is 0 Å². The number of carbonyl (C=O) groups is 4. The van der Waals surface area contributed by atoms with Gasteiger partial charge in [-0.05, 0) is 73.4 Å². The van der Waals surface area contributed by atoms with Crippen LogP contribution in [0.5, 0.6) is 5.75 Å². The Kier molecular flexibility index (Phi) is 34.5. The zero-order chi connectivity index (χ0) is 65.8. The fourth-order valence-corrected chi connectivity index (χ4v) is 10.8. The van der Waals surface area contributed by atoms with Crippen molar-refractivity contribution in [1.82, 2.24) is 19.8 Å². The highest BCUT2D eigenvalue weighted by atomic mass is 32.2. The van der Waals surface area contributed by atoms with E-state index in [1.807, 2.05) is 37.3 Å². The molecule has 4 N–H and O–H groups in total. The van der Waals surface area contributed by atoms with Crippen LogP contribution in [0.25, 0.3) is 17.2 Å². The molecule has 1 saturated heterocycles. The van der Waals surface area contributed by atoms with Crippen molar-refractivity contribution in [1.29, 1.82) is 0 Å². The third-order valence-electron chi connectivity index (χ3n) is 14.3. The van der Waals surface area contributed by atoms with Gasteiger partial charge < -0.3 is 78.1 Å². The smallest absolute Gasteiger partial charge is 0.407 e. The summed E-state index contributed by atoms with van der Waals surface area (Å²) >= 11 is 0. The molecule has 0 unspecified atom stereocenters. The van der Waals surface area contributed by atoms with Crippen molar-refractivity contribution >= 4 is 51.4 Å². The standard InChI is InChI=1S/C63H88F4N6O18S/c1-2-15-72(16-5-14-70-63(77)90-52-7-4-8-52)62(76)50-37-49-11-10-48(39-56(49)71-57(68)40-50)47-6-3-9-53(38-47)92(78,79)73-44-46(45-73)42-69-43-51(74)12-17-80-19-21-82-23-25-84-27-29-86-31-33-88-35-36-89-34-32-87-30-28-85-26-24-83-22-20-81-18-13-58(75)91-61-59(66)54(64)41-55(65)60(61)67/h3,6,9-11,37-39,41,46,52,69H,2,4-5,7-8,12-36,40,42-45H2,1H3,(H2,68,71)(H,70,77). The second-order valence-electron chi connectivity index (χ2n) is 21.5. The summed E-state index contributed by atoms with van der Waals surface area (Å²) in [6.07, 6.45) is 5.56. The number of aliphatic imine (C=N–C) groups is 1. The van der Waals surface area contributed by atoms with Crippen molar-refractivity contribution in [3.05, 3.63) is 82.9 Å². The molecule has 1 saturated carbocycles. The fourth-order valence-electron chi connectivity index (χ4n) is 9.20. The first kappa shape index (κ1) is 75.0. The van der Waals surface area contributed by atoms with Gasteiger partial charge in [0.1, 0.15) is 17.7 Å². The topological polar surface area (TPSA) is 282 Å². The third-order valence-corrected chi connectivity index (χ3v) is 16.2. The monoisotopic (exact) mass is 1320 g/mol. The Morgan fingerprint density at radius 2 is 1.18 bits per heavy atom. The van der Waals surface area contributed by atoms with E-state index in [1.54, 1.807) is 23.1 Å². The van der Waals surface area contributed by atoms with E-state index in [4.69, 9.17) is 57.8 Å². The molecule has 3 aromatic carbocycles. The summed E-state index contributed by atoms with van der Waals surface area (Å²) in [6.45, 7) is 11.0. The molecule has 24 nitrogen and oxygen atoms in total. The lowest BCUT2D eigenvalue weighted by atomic mass is 9.96. The number of hydrogen-bond donors (Lipinski definition) is 3. The van der Waals surface area contributed by atoms with E-state index < -0.39 is 57.5 Å². The first-order valence-electron chi connectivity index (χ1n) is 31.2. The molecule has 512 valence electrons. The Morgan fingerprint density at radius 1 is 0.663 bits per heavy atom. The van der Waals surface area contributed by atoms with Crippen molar-refractivity contribution in [2.24, 2.45) is 16.6 Å². The van der Waals surface area contributed by atoms with E-state index in [2.05, 4.69) is 20.4 Å². The number of nitrogens with zero attached hydrogens (tertiary/aromatic N) is 3. The van der Waals surface area contributed by atoms with Gasteiger partial charge >= 0.3 is 12.1 Å². The lowest BCUT2D eigenvalue weighted by molar-refractivity contribution is -0.136. The molecule has 0 radical (unpaired) electrons. The van der Waals surface area contributed by atoms with Crippen LogP contribution in [0.1, 0.15) is 63.9 Å². The molecule has 0 aromatic heterocycles. The number of hydrogen-bond acceptors (Lipinski definition) is 21. The van der Waals surface area contributed by atoms with E-state index in [9.17, 15) is 45.2 Å². The van der Waals surface area contributed by atoms with Crippen LogP contribution in [0.4, 0.5) is 28.0 Å². The van der Waals surface area contributed by atoms with Gasteiger partial charge in [0.2, 0.25) is 33.3 Å². The number of Topliss-reactive ketones (excluding diaryl/α,β-unsaturated/α-hetero) is 1. The number of nitrogens with two attached hydrogens (primary N) is 1. The Balaban J connectivity index is 0.680. The lowest BCUT2D eigenvalue weighted by Crippen LogP contribution is -2.53. The summed E-state index contributed by atoms with van der Waals surface area (Å²) in [5.74, 6) is -9.38. The molecule has 1 aliphatic carbocycles. The Hall–Kier alpha value is -6.06. The number of rotatable bonds is 49. The third kappa shape index (κ3) is 27.1. The highest BCUT2D eigenvalue weighted by Gasteiger charge is 2.37. The van der Waals surface area contributed by atoms with Crippen LogP contribution in [0.15, 0.2) is 64.0 Å². The summed E-state index contributed by atoms with van der Waals surface area (Å²) in [4.78, 5) is 56.7. The number of fused-ring (bicyclic) bond motifs is 1. The number of alkyl carbamates (subject to hydrolysis) is 1. The van der Waals surface area contributed by atoms with E-state index in [0.29, 0.717) is 167 Å². The minimum Gasteiger partial charge on any atom is -0.446 e. The molecule has 0 atom stereocenters. The lowest BCUT2D eigenvalue weighted by Gasteiger charge is -2.38. The van der Waals surface area contributed by atoms with E-state index in [1.165, 1.54) is 4.31 Å². The van der Waals surface area contributed by atoms with Crippen LogP contribution < -0.4 is 21.1 Å². The molecule has 2 fully saturated rings. The zero-order valence-corrected chi connectivity index (χ0v) is 53.1. The van der Waals surface area contributed by atoms with Gasteiger partial charge in [0, 0.05) is 69.3 Å². The number of sulfonamides is 1.